The summed E-state index contributed by atoms with van der Waals surface area (Å²) < 4.78 is 9.14. The number of rotatable bonds is 7. The molecule has 0 aliphatic rings. The Labute approximate surface area is 178 Å². The maximum absolute atomic E-state index is 13.1. The number of nitrogens with zero attached hydrogens (tertiary/aromatic N) is 3. The second kappa shape index (κ2) is 9.00. The highest BCUT2D eigenvalue weighted by Gasteiger charge is 2.21. The van der Waals surface area contributed by atoms with Gasteiger partial charge in [0.2, 0.25) is 5.91 Å². The van der Waals surface area contributed by atoms with Crippen LogP contribution in [0.25, 0.3) is 11.0 Å². The van der Waals surface area contributed by atoms with Gasteiger partial charge in [0.25, 0.3) is 11.5 Å². The number of hydrogen-bond acceptors (Lipinski definition) is 5. The minimum Gasteiger partial charge on any atom is -0.385 e. The van der Waals surface area contributed by atoms with E-state index in [1.54, 1.807) is 43.0 Å². The molecular weight excluding hydrogens is 402 g/mol. The van der Waals surface area contributed by atoms with Crippen molar-refractivity contribution in [1.82, 2.24) is 13.7 Å². The molecule has 10 heteroatoms. The molecule has 0 saturated carbocycles. The highest BCUT2D eigenvalue weighted by Crippen LogP contribution is 2.20. The van der Waals surface area contributed by atoms with E-state index in [2.05, 4.69) is 10.6 Å². The molecule has 3 rings (SSSR count). The van der Waals surface area contributed by atoms with Crippen LogP contribution < -0.4 is 21.9 Å². The number of carbonyl (C=O) groups is 2. The Bertz CT molecular complexity index is 1270. The first-order valence-electron chi connectivity index (χ1n) is 9.71. The minimum absolute atomic E-state index is 0.224. The van der Waals surface area contributed by atoms with Crippen LogP contribution in [0, 0.1) is 0 Å². The second-order valence-corrected chi connectivity index (χ2v) is 7.19. The summed E-state index contributed by atoms with van der Waals surface area (Å²) in [7, 11) is 4.55. The molecule has 0 aliphatic carbocycles. The van der Waals surface area contributed by atoms with Gasteiger partial charge in [-0.1, -0.05) is 6.07 Å². The van der Waals surface area contributed by atoms with Crippen molar-refractivity contribution in [2.24, 2.45) is 14.1 Å². The summed E-state index contributed by atoms with van der Waals surface area (Å²) in [6.07, 6.45) is 0.585. The van der Waals surface area contributed by atoms with Crippen LogP contribution in [0.1, 0.15) is 23.8 Å². The fourth-order valence-corrected chi connectivity index (χ4v) is 3.50. The third kappa shape index (κ3) is 4.43. The van der Waals surface area contributed by atoms with Gasteiger partial charge in [0.1, 0.15) is 11.3 Å². The number of aromatic nitrogens is 3. The molecular formula is C21H25N5O5. The van der Waals surface area contributed by atoms with Gasteiger partial charge < -0.3 is 19.9 Å². The van der Waals surface area contributed by atoms with Crippen LogP contribution in [-0.4, -0.2) is 39.2 Å². The summed E-state index contributed by atoms with van der Waals surface area (Å²) in [6, 6.07) is 8.23. The Morgan fingerprint density at radius 2 is 1.71 bits per heavy atom. The highest BCUT2D eigenvalue weighted by molar-refractivity contribution is 6.06. The zero-order chi connectivity index (χ0) is 22.7. The van der Waals surface area contributed by atoms with Crippen molar-refractivity contribution in [1.29, 1.82) is 0 Å². The zero-order valence-corrected chi connectivity index (χ0v) is 17.9. The predicted octanol–water partition coefficient (Wildman–Crippen LogP) is 1.29. The highest BCUT2D eigenvalue weighted by atomic mass is 16.5. The molecule has 0 bridgehead atoms. The normalized spacial score (nSPS) is 11.0. The quantitative estimate of drug-likeness (QED) is 0.551. The summed E-state index contributed by atoms with van der Waals surface area (Å²) in [5, 5.41) is 5.73. The number of amides is 2. The number of hydrogen-bond donors (Lipinski definition) is 2. The fourth-order valence-electron chi connectivity index (χ4n) is 3.50. The molecule has 10 nitrogen and oxygen atoms in total. The molecule has 0 unspecified atom stereocenters. The van der Waals surface area contributed by atoms with Crippen LogP contribution in [0.3, 0.4) is 0 Å². The lowest BCUT2D eigenvalue weighted by Crippen LogP contribution is -2.37. The minimum atomic E-state index is -0.474. The fraction of sp³-hybridized carbons (Fsp3) is 0.333. The molecule has 0 aliphatic heterocycles. The smallest absolute Gasteiger partial charge is 0.332 e. The Balaban J connectivity index is 2.07. The molecule has 0 fully saturated rings. The van der Waals surface area contributed by atoms with Gasteiger partial charge in [0.15, 0.2) is 0 Å². The third-order valence-electron chi connectivity index (χ3n) is 4.90. The van der Waals surface area contributed by atoms with Gasteiger partial charge in [-0.15, -0.1) is 0 Å². The molecule has 2 amide bonds. The lowest BCUT2D eigenvalue weighted by atomic mass is 10.2. The van der Waals surface area contributed by atoms with E-state index in [1.807, 2.05) is 0 Å². The molecule has 0 saturated heterocycles. The first kappa shape index (κ1) is 22.0. The molecule has 0 atom stereocenters. The van der Waals surface area contributed by atoms with Gasteiger partial charge >= 0.3 is 5.69 Å². The van der Waals surface area contributed by atoms with Crippen LogP contribution in [0.4, 0.5) is 11.4 Å². The van der Waals surface area contributed by atoms with Crippen molar-refractivity contribution in [3.63, 3.8) is 0 Å². The molecule has 2 heterocycles. The Morgan fingerprint density at radius 3 is 2.35 bits per heavy atom. The number of methoxy groups -OCH3 is 1. The average molecular weight is 427 g/mol. The summed E-state index contributed by atoms with van der Waals surface area (Å²) in [4.78, 5) is 49.5. The van der Waals surface area contributed by atoms with Gasteiger partial charge in [-0.2, -0.15) is 0 Å². The van der Waals surface area contributed by atoms with Gasteiger partial charge in [-0.05, 0) is 30.7 Å². The first-order chi connectivity index (χ1) is 14.7. The maximum atomic E-state index is 13.1. The number of benzene rings is 1. The second-order valence-electron chi connectivity index (χ2n) is 7.19. The zero-order valence-electron chi connectivity index (χ0n) is 17.9. The molecule has 2 aromatic heterocycles. The molecule has 1 aromatic carbocycles. The van der Waals surface area contributed by atoms with Crippen molar-refractivity contribution in [3.05, 3.63) is 56.9 Å². The van der Waals surface area contributed by atoms with Gasteiger partial charge in [0.05, 0.1) is 5.39 Å². The van der Waals surface area contributed by atoms with Crippen molar-refractivity contribution in [2.75, 3.05) is 24.4 Å². The number of nitrogens with one attached hydrogen (secondary N) is 2. The van der Waals surface area contributed by atoms with E-state index >= 15 is 0 Å². The van der Waals surface area contributed by atoms with Crippen molar-refractivity contribution < 1.29 is 14.3 Å². The van der Waals surface area contributed by atoms with Crippen LogP contribution in [0.15, 0.2) is 39.9 Å². The van der Waals surface area contributed by atoms with E-state index in [0.717, 1.165) is 4.57 Å². The van der Waals surface area contributed by atoms with Gasteiger partial charge in [-0.25, -0.2) is 4.79 Å². The summed E-state index contributed by atoms with van der Waals surface area (Å²) in [5.74, 6) is -0.665. The Morgan fingerprint density at radius 1 is 1.03 bits per heavy atom. The molecule has 2 N–H and O–H groups in total. The Hall–Kier alpha value is -3.66. The number of anilines is 2. The van der Waals surface area contributed by atoms with Crippen LogP contribution in [0.2, 0.25) is 0 Å². The van der Waals surface area contributed by atoms with E-state index in [9.17, 15) is 19.2 Å². The van der Waals surface area contributed by atoms with Gasteiger partial charge in [-0.3, -0.25) is 23.5 Å². The standard InChI is InChI=1S/C21H25N5O5/c1-13(27)22-14-7-5-8-15(11-14)23-18(28)17-12-16-19(26(17)9-6-10-31-4)24(2)21(30)25(3)20(16)29/h5,7-8,11-12H,6,9-10H2,1-4H3,(H,22,27)(H,23,28). The molecule has 31 heavy (non-hydrogen) atoms. The van der Waals surface area contributed by atoms with E-state index in [1.165, 1.54) is 24.6 Å². The Kier molecular flexibility index (Phi) is 6.40. The van der Waals surface area contributed by atoms with Crippen molar-refractivity contribution in [3.8, 4) is 0 Å². The summed E-state index contributed by atoms with van der Waals surface area (Å²) >= 11 is 0. The average Bonchev–Trinajstić information content (AvgIpc) is 3.10. The van der Waals surface area contributed by atoms with E-state index in [4.69, 9.17) is 4.74 Å². The SMILES string of the molecule is COCCCn1c(C(=O)Nc2cccc(NC(C)=O)c2)cc2c(=O)n(C)c(=O)n(C)c21. The van der Waals surface area contributed by atoms with Crippen LogP contribution >= 0.6 is 0 Å². The molecule has 0 radical (unpaired) electrons. The van der Waals surface area contributed by atoms with E-state index < -0.39 is 17.2 Å². The lowest BCUT2D eigenvalue weighted by Gasteiger charge is -2.13. The van der Waals surface area contributed by atoms with E-state index in [0.29, 0.717) is 36.6 Å². The predicted molar refractivity (Wildman–Crippen MR) is 118 cm³/mol. The number of carbonyl (C=O) groups excluding carboxylic acids is 2. The maximum Gasteiger partial charge on any atom is 0.332 e. The summed E-state index contributed by atoms with van der Waals surface area (Å²) in [6.45, 7) is 2.24. The van der Waals surface area contributed by atoms with Gasteiger partial charge in [0, 0.05) is 52.7 Å². The summed E-state index contributed by atoms with van der Waals surface area (Å²) in [5.41, 5.74) is 0.702. The first-order valence-corrected chi connectivity index (χ1v) is 9.71. The number of aryl methyl sites for hydroxylation is 2. The molecule has 3 aromatic rings. The number of ether oxygens (including phenoxy) is 1. The van der Waals surface area contributed by atoms with E-state index in [-0.39, 0.29) is 17.0 Å². The van der Waals surface area contributed by atoms with Crippen molar-refractivity contribution in [2.45, 2.75) is 19.9 Å². The van der Waals surface area contributed by atoms with Crippen LogP contribution in [0.5, 0.6) is 0 Å². The monoisotopic (exact) mass is 427 g/mol. The van der Waals surface area contributed by atoms with Crippen LogP contribution in [-0.2, 0) is 30.2 Å². The number of fused-ring (bicyclic) bond motifs is 1. The topological polar surface area (TPSA) is 116 Å². The largest absolute Gasteiger partial charge is 0.385 e. The van der Waals surface area contributed by atoms with Crippen molar-refractivity contribution >= 4 is 34.2 Å². The third-order valence-corrected chi connectivity index (χ3v) is 4.90. The molecule has 0 spiro atoms. The lowest BCUT2D eigenvalue weighted by molar-refractivity contribution is -0.114. The molecule has 164 valence electrons.